The lowest BCUT2D eigenvalue weighted by atomic mass is 10.1. The van der Waals surface area contributed by atoms with E-state index in [1.54, 1.807) is 30.3 Å². The van der Waals surface area contributed by atoms with Crippen LogP contribution in [0.3, 0.4) is 0 Å². The Morgan fingerprint density at radius 2 is 1.86 bits per heavy atom. The van der Waals surface area contributed by atoms with E-state index in [0.717, 1.165) is 16.0 Å². The van der Waals surface area contributed by atoms with Crippen molar-refractivity contribution in [2.24, 2.45) is 0 Å². The molecule has 0 aromatic heterocycles. The van der Waals surface area contributed by atoms with Crippen LogP contribution in [0.25, 0.3) is 6.08 Å². The number of anilines is 1. The summed E-state index contributed by atoms with van der Waals surface area (Å²) in [6, 6.07) is 13.8. The lowest BCUT2D eigenvalue weighted by Gasteiger charge is -2.11. The second-order valence-electron chi connectivity index (χ2n) is 4.97. The van der Waals surface area contributed by atoms with Gasteiger partial charge in [-0.2, -0.15) is 0 Å². The SMILES string of the molecule is Cc1ccccc1C=C1NC(=O)N(c2cccc(Cl)c2)C1=O. The predicted molar refractivity (Wildman–Crippen MR) is 86.6 cm³/mol. The van der Waals surface area contributed by atoms with Gasteiger partial charge in [0, 0.05) is 5.02 Å². The molecule has 1 N–H and O–H groups in total. The summed E-state index contributed by atoms with van der Waals surface area (Å²) in [4.78, 5) is 25.6. The molecule has 3 rings (SSSR count). The van der Waals surface area contributed by atoms with Gasteiger partial charge in [-0.15, -0.1) is 0 Å². The number of carbonyl (C=O) groups is 2. The Balaban J connectivity index is 1.97. The predicted octanol–water partition coefficient (Wildman–Crippen LogP) is 3.75. The van der Waals surface area contributed by atoms with Gasteiger partial charge in [-0.3, -0.25) is 4.79 Å². The fourth-order valence-corrected chi connectivity index (χ4v) is 2.47. The highest BCUT2D eigenvalue weighted by Crippen LogP contribution is 2.25. The molecule has 1 saturated heterocycles. The first-order valence-corrected chi connectivity index (χ1v) is 7.12. The maximum Gasteiger partial charge on any atom is 0.333 e. The summed E-state index contributed by atoms with van der Waals surface area (Å²) in [5.41, 5.74) is 2.61. The lowest BCUT2D eigenvalue weighted by Crippen LogP contribution is -2.30. The van der Waals surface area contributed by atoms with Crippen molar-refractivity contribution in [1.82, 2.24) is 5.32 Å². The number of amides is 3. The zero-order valence-corrected chi connectivity index (χ0v) is 12.6. The number of rotatable bonds is 2. The average molecular weight is 313 g/mol. The van der Waals surface area contributed by atoms with E-state index in [1.165, 1.54) is 0 Å². The van der Waals surface area contributed by atoms with Gasteiger partial charge in [-0.05, 0) is 42.3 Å². The number of aryl methyl sites for hydroxylation is 1. The fourth-order valence-electron chi connectivity index (χ4n) is 2.29. The van der Waals surface area contributed by atoms with Crippen molar-refractivity contribution >= 4 is 35.3 Å². The smallest absolute Gasteiger partial charge is 0.302 e. The third-order valence-corrected chi connectivity index (χ3v) is 3.67. The van der Waals surface area contributed by atoms with Crippen LogP contribution in [0.4, 0.5) is 10.5 Å². The Morgan fingerprint density at radius 3 is 2.59 bits per heavy atom. The van der Waals surface area contributed by atoms with E-state index in [9.17, 15) is 9.59 Å². The molecule has 1 fully saturated rings. The second-order valence-corrected chi connectivity index (χ2v) is 5.40. The number of nitrogens with one attached hydrogen (secondary N) is 1. The molecule has 1 aliphatic heterocycles. The largest absolute Gasteiger partial charge is 0.333 e. The molecular weight excluding hydrogens is 300 g/mol. The highest BCUT2D eigenvalue weighted by Gasteiger charge is 2.34. The van der Waals surface area contributed by atoms with E-state index in [0.29, 0.717) is 10.7 Å². The first kappa shape index (κ1) is 14.4. The molecular formula is C17H13ClN2O2. The van der Waals surface area contributed by atoms with Crippen LogP contribution in [0.2, 0.25) is 5.02 Å². The molecule has 0 radical (unpaired) electrons. The monoisotopic (exact) mass is 312 g/mol. The van der Waals surface area contributed by atoms with Crippen molar-refractivity contribution < 1.29 is 9.59 Å². The van der Waals surface area contributed by atoms with Crippen LogP contribution in [0.1, 0.15) is 11.1 Å². The van der Waals surface area contributed by atoms with Gasteiger partial charge in [-0.25, -0.2) is 9.69 Å². The number of hydrogen-bond acceptors (Lipinski definition) is 2. The van der Waals surface area contributed by atoms with Gasteiger partial charge in [0.05, 0.1) is 5.69 Å². The van der Waals surface area contributed by atoms with Crippen LogP contribution in [-0.4, -0.2) is 11.9 Å². The third kappa shape index (κ3) is 2.61. The molecule has 110 valence electrons. The Morgan fingerprint density at radius 1 is 1.09 bits per heavy atom. The van der Waals surface area contributed by atoms with Crippen molar-refractivity contribution in [3.63, 3.8) is 0 Å². The van der Waals surface area contributed by atoms with Crippen LogP contribution in [0, 0.1) is 6.92 Å². The van der Waals surface area contributed by atoms with Crippen molar-refractivity contribution in [3.05, 3.63) is 70.4 Å². The molecule has 4 nitrogen and oxygen atoms in total. The van der Waals surface area contributed by atoms with Gasteiger partial charge in [0.2, 0.25) is 0 Å². The molecule has 1 aliphatic rings. The van der Waals surface area contributed by atoms with Gasteiger partial charge in [0.25, 0.3) is 5.91 Å². The molecule has 1 heterocycles. The molecule has 0 unspecified atom stereocenters. The van der Waals surface area contributed by atoms with E-state index < -0.39 is 11.9 Å². The van der Waals surface area contributed by atoms with Crippen LogP contribution < -0.4 is 10.2 Å². The van der Waals surface area contributed by atoms with Crippen LogP contribution in [-0.2, 0) is 4.79 Å². The molecule has 2 aromatic rings. The van der Waals surface area contributed by atoms with Gasteiger partial charge in [0.1, 0.15) is 5.70 Å². The minimum Gasteiger partial charge on any atom is -0.302 e. The standard InChI is InChI=1S/C17H13ClN2O2/c1-11-5-2-3-6-12(11)9-15-16(21)20(17(22)19-15)14-8-4-7-13(18)10-14/h2-10H,1H3,(H,19,22). The number of carbonyl (C=O) groups excluding carboxylic acids is 2. The van der Waals surface area contributed by atoms with E-state index in [-0.39, 0.29) is 5.70 Å². The Hall–Kier alpha value is -2.59. The van der Waals surface area contributed by atoms with E-state index >= 15 is 0 Å². The highest BCUT2D eigenvalue weighted by molar-refractivity contribution is 6.32. The summed E-state index contributed by atoms with van der Waals surface area (Å²) in [7, 11) is 0. The van der Waals surface area contributed by atoms with Gasteiger partial charge < -0.3 is 5.32 Å². The molecule has 0 saturated carbocycles. The molecule has 0 spiro atoms. The molecule has 0 atom stereocenters. The van der Waals surface area contributed by atoms with Gasteiger partial charge in [0.15, 0.2) is 0 Å². The van der Waals surface area contributed by atoms with E-state index in [2.05, 4.69) is 5.32 Å². The molecule has 2 aromatic carbocycles. The summed E-state index contributed by atoms with van der Waals surface area (Å²) in [6.45, 7) is 1.95. The number of nitrogens with zero attached hydrogens (tertiary/aromatic N) is 1. The maximum absolute atomic E-state index is 12.5. The minimum absolute atomic E-state index is 0.249. The summed E-state index contributed by atoms with van der Waals surface area (Å²) >= 11 is 5.92. The molecule has 3 amide bonds. The Bertz CT molecular complexity index is 799. The zero-order valence-electron chi connectivity index (χ0n) is 11.8. The van der Waals surface area contributed by atoms with Gasteiger partial charge in [-0.1, -0.05) is 41.9 Å². The molecule has 5 heteroatoms. The van der Waals surface area contributed by atoms with Crippen LogP contribution >= 0.6 is 11.6 Å². The Labute approximate surface area is 133 Å². The van der Waals surface area contributed by atoms with Crippen molar-refractivity contribution in [1.29, 1.82) is 0 Å². The lowest BCUT2D eigenvalue weighted by molar-refractivity contribution is -0.113. The second kappa shape index (κ2) is 5.66. The van der Waals surface area contributed by atoms with Crippen molar-refractivity contribution in [2.75, 3.05) is 4.90 Å². The fraction of sp³-hybridized carbons (Fsp3) is 0.0588. The third-order valence-electron chi connectivity index (χ3n) is 3.43. The number of imide groups is 1. The first-order chi connectivity index (χ1) is 10.6. The first-order valence-electron chi connectivity index (χ1n) is 6.74. The van der Waals surface area contributed by atoms with E-state index in [1.807, 2.05) is 31.2 Å². The van der Waals surface area contributed by atoms with Crippen molar-refractivity contribution in [3.8, 4) is 0 Å². The van der Waals surface area contributed by atoms with Crippen LogP contribution in [0.5, 0.6) is 0 Å². The van der Waals surface area contributed by atoms with Crippen LogP contribution in [0.15, 0.2) is 54.2 Å². The minimum atomic E-state index is -0.480. The summed E-state index contributed by atoms with van der Waals surface area (Å²) < 4.78 is 0. The Kier molecular flexibility index (Phi) is 3.69. The topological polar surface area (TPSA) is 49.4 Å². The number of halogens is 1. The number of hydrogen-bond donors (Lipinski definition) is 1. The van der Waals surface area contributed by atoms with Gasteiger partial charge >= 0.3 is 6.03 Å². The maximum atomic E-state index is 12.5. The summed E-state index contributed by atoms with van der Waals surface area (Å²) in [5, 5.41) is 3.07. The quantitative estimate of drug-likeness (QED) is 0.678. The number of urea groups is 1. The van der Waals surface area contributed by atoms with Crippen molar-refractivity contribution in [2.45, 2.75) is 6.92 Å². The summed E-state index contributed by atoms with van der Waals surface area (Å²) in [6.07, 6.45) is 1.68. The summed E-state index contributed by atoms with van der Waals surface area (Å²) in [5.74, 6) is -0.393. The molecule has 0 bridgehead atoms. The normalized spacial score (nSPS) is 16.3. The van der Waals surface area contributed by atoms with E-state index in [4.69, 9.17) is 11.6 Å². The number of benzene rings is 2. The highest BCUT2D eigenvalue weighted by atomic mass is 35.5. The average Bonchev–Trinajstić information content (AvgIpc) is 2.76. The molecule has 22 heavy (non-hydrogen) atoms. The molecule has 0 aliphatic carbocycles. The zero-order chi connectivity index (χ0) is 15.7.